The van der Waals surface area contributed by atoms with Crippen LogP contribution in [-0.4, -0.2) is 5.78 Å². The summed E-state index contributed by atoms with van der Waals surface area (Å²) in [7, 11) is 0. The smallest absolute Gasteiger partial charge is 0.158 e. The van der Waals surface area contributed by atoms with Gasteiger partial charge in [-0.3, -0.25) is 4.79 Å². The molecule has 0 saturated heterocycles. The van der Waals surface area contributed by atoms with Crippen LogP contribution in [0, 0.1) is 22.2 Å². The fourth-order valence-electron chi connectivity index (χ4n) is 2.46. The number of nitriles is 1. The molecule has 1 aromatic heterocycles. The van der Waals surface area contributed by atoms with Gasteiger partial charge in [-0.25, -0.2) is 0 Å². The third-order valence-electron chi connectivity index (χ3n) is 3.53. The Labute approximate surface area is 99.9 Å². The maximum Gasteiger partial charge on any atom is 0.158 e. The molecule has 0 aromatic carbocycles. The molecule has 3 heteroatoms. The molecular weight excluding hydrogens is 218 g/mol. The van der Waals surface area contributed by atoms with Gasteiger partial charge in [-0.2, -0.15) is 16.6 Å². The molecule has 1 saturated carbocycles. The molecule has 1 aromatic rings. The van der Waals surface area contributed by atoms with Gasteiger partial charge < -0.3 is 0 Å². The van der Waals surface area contributed by atoms with Gasteiger partial charge in [0.25, 0.3) is 0 Å². The molecule has 1 atom stereocenters. The van der Waals surface area contributed by atoms with Crippen molar-refractivity contribution in [1.29, 1.82) is 5.26 Å². The molecule has 2 nitrogen and oxygen atoms in total. The van der Waals surface area contributed by atoms with Crippen molar-refractivity contribution in [3.8, 4) is 6.07 Å². The van der Waals surface area contributed by atoms with Crippen LogP contribution in [0.4, 0.5) is 0 Å². The zero-order chi connectivity index (χ0) is 11.8. The third kappa shape index (κ3) is 1.68. The topological polar surface area (TPSA) is 40.9 Å². The molecule has 0 amide bonds. The standard InChI is InChI=1S/C13H15NOS/c1-12(2)4-5-13(9-14,11(12)15)7-10-3-6-16-8-10/h3,6,8H,4-5,7H2,1-2H3. The van der Waals surface area contributed by atoms with Crippen LogP contribution < -0.4 is 0 Å². The monoisotopic (exact) mass is 233 g/mol. The molecule has 16 heavy (non-hydrogen) atoms. The molecule has 1 aliphatic carbocycles. The van der Waals surface area contributed by atoms with E-state index in [0.717, 1.165) is 12.0 Å². The fourth-order valence-corrected chi connectivity index (χ4v) is 3.13. The first-order chi connectivity index (χ1) is 7.50. The highest BCUT2D eigenvalue weighted by molar-refractivity contribution is 7.07. The van der Waals surface area contributed by atoms with E-state index in [0.29, 0.717) is 12.8 Å². The minimum absolute atomic E-state index is 0.119. The first-order valence-electron chi connectivity index (χ1n) is 5.47. The van der Waals surface area contributed by atoms with Gasteiger partial charge in [0.15, 0.2) is 5.78 Å². The minimum atomic E-state index is -0.773. The molecule has 1 aliphatic rings. The summed E-state index contributed by atoms with van der Waals surface area (Å²) in [6.07, 6.45) is 2.10. The van der Waals surface area contributed by atoms with E-state index >= 15 is 0 Å². The average Bonchev–Trinajstić information content (AvgIpc) is 2.82. The summed E-state index contributed by atoms with van der Waals surface area (Å²) in [6, 6.07) is 4.28. The highest BCUT2D eigenvalue weighted by Gasteiger charge is 2.52. The molecular formula is C13H15NOS. The van der Waals surface area contributed by atoms with E-state index in [-0.39, 0.29) is 11.2 Å². The SMILES string of the molecule is CC1(C)CCC(C#N)(Cc2ccsc2)C1=O. The Kier molecular flexibility index (Phi) is 2.63. The number of rotatable bonds is 2. The summed E-state index contributed by atoms with van der Waals surface area (Å²) in [6.45, 7) is 3.89. The molecule has 1 unspecified atom stereocenters. The van der Waals surface area contributed by atoms with Gasteiger partial charge in [-0.05, 0) is 41.7 Å². The first-order valence-corrected chi connectivity index (χ1v) is 6.42. The Bertz CT molecular complexity index is 441. The number of thiophene rings is 1. The van der Waals surface area contributed by atoms with E-state index in [4.69, 9.17) is 0 Å². The van der Waals surface area contributed by atoms with Crippen LogP contribution in [0.1, 0.15) is 32.3 Å². The number of nitrogens with zero attached hydrogens (tertiary/aromatic N) is 1. The molecule has 2 rings (SSSR count). The van der Waals surface area contributed by atoms with Crippen LogP contribution in [-0.2, 0) is 11.2 Å². The predicted octanol–water partition coefficient (Wildman–Crippen LogP) is 3.19. The van der Waals surface area contributed by atoms with Crippen molar-refractivity contribution in [2.45, 2.75) is 33.1 Å². The molecule has 84 valence electrons. The summed E-state index contributed by atoms with van der Waals surface area (Å²) in [5.74, 6) is 0.119. The molecule has 0 aliphatic heterocycles. The number of hydrogen-bond acceptors (Lipinski definition) is 3. The second-order valence-corrected chi connectivity index (χ2v) is 6.00. The summed E-state index contributed by atoms with van der Waals surface area (Å²) < 4.78 is 0. The zero-order valence-electron chi connectivity index (χ0n) is 9.62. The van der Waals surface area contributed by atoms with Gasteiger partial charge in [0.05, 0.1) is 6.07 Å². The quantitative estimate of drug-likeness (QED) is 0.787. The van der Waals surface area contributed by atoms with Crippen LogP contribution in [0.5, 0.6) is 0 Å². The van der Waals surface area contributed by atoms with Gasteiger partial charge in [-0.15, -0.1) is 0 Å². The maximum atomic E-state index is 12.3. The molecule has 0 spiro atoms. The number of carbonyl (C=O) groups excluding carboxylic acids is 1. The Balaban J connectivity index is 2.29. The Hall–Kier alpha value is -1.14. The van der Waals surface area contributed by atoms with Crippen molar-refractivity contribution in [3.63, 3.8) is 0 Å². The van der Waals surface area contributed by atoms with Crippen LogP contribution >= 0.6 is 11.3 Å². The Morgan fingerprint density at radius 2 is 2.25 bits per heavy atom. The molecule has 1 heterocycles. The lowest BCUT2D eigenvalue weighted by Gasteiger charge is -2.21. The molecule has 0 bridgehead atoms. The second-order valence-electron chi connectivity index (χ2n) is 5.22. The average molecular weight is 233 g/mol. The highest BCUT2D eigenvalue weighted by Crippen LogP contribution is 2.47. The van der Waals surface area contributed by atoms with Gasteiger partial charge >= 0.3 is 0 Å². The van der Waals surface area contributed by atoms with Gasteiger partial charge in [-0.1, -0.05) is 13.8 Å². The van der Waals surface area contributed by atoms with Crippen molar-refractivity contribution >= 4 is 17.1 Å². The zero-order valence-corrected chi connectivity index (χ0v) is 10.4. The summed E-state index contributed by atoms with van der Waals surface area (Å²) in [4.78, 5) is 12.3. The number of Topliss-reactive ketones (excluding diaryl/α,β-unsaturated/α-hetero) is 1. The molecule has 0 N–H and O–H groups in total. The fraction of sp³-hybridized carbons (Fsp3) is 0.538. The van der Waals surface area contributed by atoms with Crippen LogP contribution in [0.15, 0.2) is 16.8 Å². The second kappa shape index (κ2) is 3.71. The van der Waals surface area contributed by atoms with Crippen molar-refractivity contribution in [3.05, 3.63) is 22.4 Å². The maximum absolute atomic E-state index is 12.3. The Morgan fingerprint density at radius 3 is 2.69 bits per heavy atom. The summed E-state index contributed by atoms with van der Waals surface area (Å²) in [5.41, 5.74) is 0.00802. The van der Waals surface area contributed by atoms with Crippen molar-refractivity contribution < 1.29 is 4.79 Å². The predicted molar refractivity (Wildman–Crippen MR) is 64.1 cm³/mol. The number of carbonyl (C=O) groups is 1. The largest absolute Gasteiger partial charge is 0.297 e. The Morgan fingerprint density at radius 1 is 1.50 bits per heavy atom. The molecule has 1 fully saturated rings. The van der Waals surface area contributed by atoms with Gasteiger partial charge in [0.1, 0.15) is 5.41 Å². The summed E-state index contributed by atoms with van der Waals surface area (Å²) >= 11 is 1.61. The lowest BCUT2D eigenvalue weighted by Crippen LogP contribution is -2.32. The number of ketones is 1. The van der Waals surface area contributed by atoms with E-state index in [1.165, 1.54) is 0 Å². The van der Waals surface area contributed by atoms with E-state index in [1.54, 1.807) is 11.3 Å². The van der Waals surface area contributed by atoms with E-state index in [2.05, 4.69) is 6.07 Å². The van der Waals surface area contributed by atoms with Crippen LogP contribution in [0.3, 0.4) is 0 Å². The van der Waals surface area contributed by atoms with Crippen molar-refractivity contribution in [2.75, 3.05) is 0 Å². The summed E-state index contributed by atoms with van der Waals surface area (Å²) in [5, 5.41) is 13.4. The third-order valence-corrected chi connectivity index (χ3v) is 4.26. The lowest BCUT2D eigenvalue weighted by atomic mass is 9.77. The lowest BCUT2D eigenvalue weighted by molar-refractivity contribution is -0.130. The minimum Gasteiger partial charge on any atom is -0.297 e. The van der Waals surface area contributed by atoms with Crippen LogP contribution in [0.25, 0.3) is 0 Å². The normalized spacial score (nSPS) is 27.9. The van der Waals surface area contributed by atoms with Crippen molar-refractivity contribution in [2.24, 2.45) is 10.8 Å². The van der Waals surface area contributed by atoms with Crippen molar-refractivity contribution in [1.82, 2.24) is 0 Å². The van der Waals surface area contributed by atoms with Gasteiger partial charge in [0.2, 0.25) is 0 Å². The van der Waals surface area contributed by atoms with Gasteiger partial charge in [0, 0.05) is 5.41 Å². The first kappa shape index (κ1) is 11.3. The van der Waals surface area contributed by atoms with Crippen LogP contribution in [0.2, 0.25) is 0 Å². The van der Waals surface area contributed by atoms with E-state index < -0.39 is 5.41 Å². The number of hydrogen-bond donors (Lipinski definition) is 0. The molecule has 0 radical (unpaired) electrons. The van der Waals surface area contributed by atoms with E-state index in [1.807, 2.05) is 30.7 Å². The van der Waals surface area contributed by atoms with E-state index in [9.17, 15) is 10.1 Å². The highest BCUT2D eigenvalue weighted by atomic mass is 32.1.